The minimum atomic E-state index is 0.119. The van der Waals surface area contributed by atoms with Crippen LogP contribution in [-0.4, -0.2) is 9.55 Å². The first kappa shape index (κ1) is 14.6. The highest BCUT2D eigenvalue weighted by molar-refractivity contribution is 9.11. The molecule has 6 heteroatoms. The van der Waals surface area contributed by atoms with E-state index in [0.29, 0.717) is 6.54 Å². The third kappa shape index (κ3) is 2.57. The highest BCUT2D eigenvalue weighted by Gasteiger charge is 2.19. The Morgan fingerprint density at radius 1 is 1.18 bits per heavy atom. The van der Waals surface area contributed by atoms with Crippen molar-refractivity contribution in [3.63, 3.8) is 0 Å². The normalized spacial score (nSPS) is 15.0. The van der Waals surface area contributed by atoms with E-state index < -0.39 is 0 Å². The standard InChI is InChI=1S/C16H15BrN2OS2/c17-13-7-6-10(21-13)8-19-9-18-15-14(16(19)20)11-4-2-1-3-5-12(11)22-15/h6-7,9H,1-5,8H2. The zero-order valence-corrected chi connectivity index (χ0v) is 15.2. The van der Waals surface area contributed by atoms with Crippen molar-refractivity contribution in [3.8, 4) is 0 Å². The summed E-state index contributed by atoms with van der Waals surface area (Å²) in [6, 6.07) is 4.08. The predicted molar refractivity (Wildman–Crippen MR) is 96.3 cm³/mol. The van der Waals surface area contributed by atoms with Crippen LogP contribution in [0.25, 0.3) is 10.2 Å². The molecule has 0 aromatic carbocycles. The molecule has 0 saturated carbocycles. The van der Waals surface area contributed by atoms with Crippen molar-refractivity contribution in [2.75, 3.05) is 0 Å². The molecule has 3 aromatic rings. The molecule has 0 N–H and O–H groups in total. The summed E-state index contributed by atoms with van der Waals surface area (Å²) in [4.78, 5) is 20.9. The Kier molecular flexibility index (Phi) is 3.92. The molecule has 3 heterocycles. The third-order valence-corrected chi connectivity index (χ3v) is 6.96. The number of thiophene rings is 2. The molecular formula is C16H15BrN2OS2. The molecule has 0 radical (unpaired) electrons. The zero-order valence-electron chi connectivity index (χ0n) is 12.0. The molecule has 0 aliphatic heterocycles. The van der Waals surface area contributed by atoms with Crippen LogP contribution < -0.4 is 5.56 Å². The molecule has 22 heavy (non-hydrogen) atoms. The number of nitrogens with zero attached hydrogens (tertiary/aromatic N) is 2. The van der Waals surface area contributed by atoms with Crippen LogP contribution in [0.5, 0.6) is 0 Å². The summed E-state index contributed by atoms with van der Waals surface area (Å²) in [6.45, 7) is 0.600. The second-order valence-electron chi connectivity index (χ2n) is 5.63. The molecule has 0 saturated heterocycles. The van der Waals surface area contributed by atoms with Gasteiger partial charge in [0.1, 0.15) is 4.83 Å². The lowest BCUT2D eigenvalue weighted by Gasteiger charge is -2.04. The Bertz CT molecular complexity index is 893. The van der Waals surface area contributed by atoms with Crippen molar-refractivity contribution < 1.29 is 0 Å². The molecule has 114 valence electrons. The summed E-state index contributed by atoms with van der Waals surface area (Å²) in [5.74, 6) is 0. The molecular weight excluding hydrogens is 380 g/mol. The summed E-state index contributed by atoms with van der Waals surface area (Å²) in [5, 5.41) is 0.875. The fourth-order valence-electron chi connectivity index (χ4n) is 3.08. The Balaban J connectivity index is 1.82. The van der Waals surface area contributed by atoms with Gasteiger partial charge < -0.3 is 0 Å². The van der Waals surface area contributed by atoms with Gasteiger partial charge in [0.2, 0.25) is 0 Å². The van der Waals surface area contributed by atoms with E-state index >= 15 is 0 Å². The van der Waals surface area contributed by atoms with E-state index in [9.17, 15) is 4.79 Å². The second kappa shape index (κ2) is 5.91. The average Bonchev–Trinajstić information content (AvgIpc) is 2.99. The Morgan fingerprint density at radius 3 is 2.86 bits per heavy atom. The lowest BCUT2D eigenvalue weighted by atomic mass is 10.1. The van der Waals surface area contributed by atoms with Crippen LogP contribution in [0.4, 0.5) is 0 Å². The van der Waals surface area contributed by atoms with Gasteiger partial charge >= 0.3 is 0 Å². The summed E-state index contributed by atoms with van der Waals surface area (Å²) in [6.07, 6.45) is 7.52. The minimum Gasteiger partial charge on any atom is -0.293 e. The van der Waals surface area contributed by atoms with Gasteiger partial charge in [-0.2, -0.15) is 0 Å². The number of fused-ring (bicyclic) bond motifs is 3. The molecule has 3 aromatic heterocycles. The van der Waals surface area contributed by atoms with E-state index in [4.69, 9.17) is 0 Å². The van der Waals surface area contributed by atoms with Crippen LogP contribution >= 0.6 is 38.6 Å². The maximum atomic E-state index is 12.9. The Hall–Kier alpha value is -0.980. The molecule has 0 unspecified atom stereocenters. The van der Waals surface area contributed by atoms with Gasteiger partial charge in [0, 0.05) is 9.75 Å². The molecule has 1 aliphatic carbocycles. The topological polar surface area (TPSA) is 34.9 Å². The predicted octanol–water partition coefficient (Wildman–Crippen LogP) is 4.60. The van der Waals surface area contributed by atoms with E-state index in [1.165, 1.54) is 29.7 Å². The van der Waals surface area contributed by atoms with Crippen LogP contribution in [-0.2, 0) is 19.4 Å². The zero-order chi connectivity index (χ0) is 15.1. The van der Waals surface area contributed by atoms with E-state index in [1.54, 1.807) is 33.6 Å². The SMILES string of the molecule is O=c1c2c3c(sc2ncn1Cc1ccc(Br)s1)CCCCC3. The Labute approximate surface area is 144 Å². The smallest absolute Gasteiger partial charge is 0.262 e. The number of aryl methyl sites for hydroxylation is 2. The van der Waals surface area contributed by atoms with Crippen LogP contribution in [0, 0.1) is 0 Å². The van der Waals surface area contributed by atoms with E-state index in [1.807, 2.05) is 6.07 Å². The van der Waals surface area contributed by atoms with Crippen molar-refractivity contribution >= 4 is 48.8 Å². The van der Waals surface area contributed by atoms with Crippen molar-refractivity contribution in [3.05, 3.63) is 47.9 Å². The van der Waals surface area contributed by atoms with Gasteiger partial charge in [0.25, 0.3) is 5.56 Å². The van der Waals surface area contributed by atoms with Crippen LogP contribution in [0.15, 0.2) is 27.0 Å². The van der Waals surface area contributed by atoms with Gasteiger partial charge in [-0.15, -0.1) is 22.7 Å². The van der Waals surface area contributed by atoms with Gasteiger partial charge in [-0.05, 0) is 59.3 Å². The molecule has 0 spiro atoms. The van der Waals surface area contributed by atoms with Gasteiger partial charge in [-0.25, -0.2) is 4.98 Å². The average molecular weight is 395 g/mol. The highest BCUT2D eigenvalue weighted by atomic mass is 79.9. The molecule has 1 aliphatic rings. The van der Waals surface area contributed by atoms with Crippen molar-refractivity contribution in [2.24, 2.45) is 0 Å². The van der Waals surface area contributed by atoms with Crippen LogP contribution in [0.1, 0.15) is 34.6 Å². The summed E-state index contributed by atoms with van der Waals surface area (Å²) in [5.41, 5.74) is 1.39. The molecule has 0 atom stereocenters. The highest BCUT2D eigenvalue weighted by Crippen LogP contribution is 2.32. The van der Waals surface area contributed by atoms with Crippen LogP contribution in [0.3, 0.4) is 0 Å². The molecule has 0 bridgehead atoms. The first-order chi connectivity index (χ1) is 10.7. The second-order valence-corrected chi connectivity index (χ2v) is 9.26. The van der Waals surface area contributed by atoms with Crippen molar-refractivity contribution in [2.45, 2.75) is 38.6 Å². The fourth-order valence-corrected chi connectivity index (χ4v) is 5.78. The van der Waals surface area contributed by atoms with Gasteiger partial charge in [-0.1, -0.05) is 6.42 Å². The van der Waals surface area contributed by atoms with Gasteiger partial charge in [0.05, 0.1) is 22.0 Å². The largest absolute Gasteiger partial charge is 0.293 e. The van der Waals surface area contributed by atoms with E-state index in [0.717, 1.165) is 31.7 Å². The lowest BCUT2D eigenvalue weighted by Crippen LogP contribution is -2.21. The molecule has 0 amide bonds. The number of halogens is 1. The van der Waals surface area contributed by atoms with Crippen LogP contribution in [0.2, 0.25) is 0 Å². The number of hydrogen-bond acceptors (Lipinski definition) is 4. The summed E-state index contributed by atoms with van der Waals surface area (Å²) in [7, 11) is 0. The molecule has 4 rings (SSSR count). The molecule has 0 fully saturated rings. The first-order valence-electron chi connectivity index (χ1n) is 7.46. The van der Waals surface area contributed by atoms with E-state index in [-0.39, 0.29) is 5.56 Å². The van der Waals surface area contributed by atoms with Gasteiger partial charge in [0.15, 0.2) is 0 Å². The van der Waals surface area contributed by atoms with Crippen molar-refractivity contribution in [1.82, 2.24) is 9.55 Å². The first-order valence-corrected chi connectivity index (χ1v) is 9.89. The van der Waals surface area contributed by atoms with Gasteiger partial charge in [-0.3, -0.25) is 9.36 Å². The number of hydrogen-bond donors (Lipinski definition) is 0. The van der Waals surface area contributed by atoms with E-state index in [2.05, 4.69) is 27.0 Å². The monoisotopic (exact) mass is 394 g/mol. The summed E-state index contributed by atoms with van der Waals surface area (Å²) >= 11 is 6.85. The third-order valence-electron chi connectivity index (χ3n) is 4.15. The summed E-state index contributed by atoms with van der Waals surface area (Å²) < 4.78 is 2.84. The number of aromatic nitrogens is 2. The quantitative estimate of drug-likeness (QED) is 0.595. The number of rotatable bonds is 2. The fraction of sp³-hybridized carbons (Fsp3) is 0.375. The minimum absolute atomic E-state index is 0.119. The van der Waals surface area contributed by atoms with Crippen molar-refractivity contribution in [1.29, 1.82) is 0 Å². The Morgan fingerprint density at radius 2 is 2.05 bits per heavy atom. The molecule has 3 nitrogen and oxygen atoms in total. The lowest BCUT2D eigenvalue weighted by molar-refractivity contribution is 0.712. The maximum Gasteiger partial charge on any atom is 0.262 e. The maximum absolute atomic E-state index is 12.9.